The van der Waals surface area contributed by atoms with Gasteiger partial charge in [0.2, 0.25) is 11.9 Å². The molecule has 0 saturated carbocycles. The topological polar surface area (TPSA) is 78.1 Å². The van der Waals surface area contributed by atoms with Gasteiger partial charge in [-0.15, -0.1) is 0 Å². The van der Waals surface area contributed by atoms with Crippen LogP contribution < -0.4 is 10.9 Å². The number of hydrogen-bond acceptors (Lipinski definition) is 4. The van der Waals surface area contributed by atoms with E-state index in [2.05, 4.69) is 21.4 Å². The summed E-state index contributed by atoms with van der Waals surface area (Å²) in [7, 11) is 0. The molecule has 1 aliphatic heterocycles. The highest BCUT2D eigenvalue weighted by atomic mass is 16.2. The summed E-state index contributed by atoms with van der Waals surface area (Å²) < 4.78 is 0. The van der Waals surface area contributed by atoms with E-state index in [0.29, 0.717) is 36.4 Å². The number of fused-ring (bicyclic) bond motifs is 1. The average Bonchev–Trinajstić information content (AvgIpc) is 3.05. The Bertz CT molecular complexity index is 1010. The van der Waals surface area contributed by atoms with Crippen molar-refractivity contribution >= 4 is 22.8 Å². The lowest BCUT2D eigenvalue weighted by Gasteiger charge is -2.16. The molecule has 6 heteroatoms. The molecular formula is C20H20N4O2. The van der Waals surface area contributed by atoms with Crippen LogP contribution in [0.5, 0.6) is 0 Å². The van der Waals surface area contributed by atoms with E-state index < -0.39 is 0 Å². The Labute approximate surface area is 150 Å². The van der Waals surface area contributed by atoms with Crippen molar-refractivity contribution in [1.29, 1.82) is 0 Å². The van der Waals surface area contributed by atoms with Gasteiger partial charge in [-0.1, -0.05) is 36.4 Å². The molecule has 2 N–H and O–H groups in total. The molecule has 26 heavy (non-hydrogen) atoms. The minimum Gasteiger partial charge on any atom is -0.352 e. The van der Waals surface area contributed by atoms with E-state index in [9.17, 15) is 9.59 Å². The molecule has 1 aliphatic rings. The van der Waals surface area contributed by atoms with Crippen molar-refractivity contribution in [3.8, 4) is 0 Å². The number of para-hydroxylation sites is 1. The Hall–Kier alpha value is -3.15. The molecule has 132 valence electrons. The van der Waals surface area contributed by atoms with Crippen molar-refractivity contribution in [2.24, 2.45) is 0 Å². The number of rotatable bonds is 5. The molecule has 1 fully saturated rings. The van der Waals surface area contributed by atoms with Gasteiger partial charge in [0.05, 0.1) is 10.9 Å². The van der Waals surface area contributed by atoms with Crippen LogP contribution in [0.3, 0.4) is 0 Å². The molecule has 1 aromatic heterocycles. The van der Waals surface area contributed by atoms with Gasteiger partial charge in [0.15, 0.2) is 0 Å². The average molecular weight is 348 g/mol. The number of nitrogens with zero attached hydrogens (tertiary/aromatic N) is 2. The fraction of sp³-hybridized carbons (Fsp3) is 0.250. The number of likely N-dealkylation sites (tertiary alicyclic amines) is 1. The third kappa shape index (κ3) is 3.44. The van der Waals surface area contributed by atoms with E-state index in [0.717, 1.165) is 24.1 Å². The summed E-state index contributed by atoms with van der Waals surface area (Å²) in [5.41, 5.74) is 2.70. The molecule has 4 rings (SSSR count). The van der Waals surface area contributed by atoms with Crippen LogP contribution in [0.2, 0.25) is 0 Å². The van der Waals surface area contributed by atoms with Crippen LogP contribution in [0, 0.1) is 0 Å². The number of benzene rings is 2. The molecule has 6 nitrogen and oxygen atoms in total. The van der Waals surface area contributed by atoms with Crippen LogP contribution in [0.15, 0.2) is 53.3 Å². The zero-order chi connectivity index (χ0) is 17.9. The molecule has 2 heterocycles. The zero-order valence-corrected chi connectivity index (χ0v) is 14.4. The second kappa shape index (κ2) is 7.00. The number of aromatic nitrogens is 2. The number of carbonyl (C=O) groups excluding carboxylic acids is 1. The second-order valence-electron chi connectivity index (χ2n) is 6.52. The van der Waals surface area contributed by atoms with Gasteiger partial charge in [-0.25, -0.2) is 4.98 Å². The van der Waals surface area contributed by atoms with Gasteiger partial charge < -0.3 is 10.2 Å². The Morgan fingerprint density at radius 2 is 1.92 bits per heavy atom. The van der Waals surface area contributed by atoms with Gasteiger partial charge in [-0.2, -0.15) is 0 Å². The normalized spacial score (nSPS) is 14.2. The smallest absolute Gasteiger partial charge is 0.260 e. The zero-order valence-electron chi connectivity index (χ0n) is 14.4. The monoisotopic (exact) mass is 348 g/mol. The predicted octanol–water partition coefficient (Wildman–Crippen LogP) is 2.66. The lowest BCUT2D eigenvalue weighted by Crippen LogP contribution is -2.23. The fourth-order valence-corrected chi connectivity index (χ4v) is 3.29. The quantitative estimate of drug-likeness (QED) is 0.743. The SMILES string of the molecule is O=C1CCCN1Cc1cccc(CNc2nc3ccccc3c(=O)[nH]2)c1. The van der Waals surface area contributed by atoms with E-state index in [-0.39, 0.29) is 11.5 Å². The van der Waals surface area contributed by atoms with Gasteiger partial charge in [-0.05, 0) is 29.7 Å². The summed E-state index contributed by atoms with van der Waals surface area (Å²) in [6.07, 6.45) is 1.60. The molecule has 1 amide bonds. The van der Waals surface area contributed by atoms with Gasteiger partial charge >= 0.3 is 0 Å². The van der Waals surface area contributed by atoms with Crippen LogP contribution >= 0.6 is 0 Å². The Kier molecular flexibility index (Phi) is 4.39. The lowest BCUT2D eigenvalue weighted by atomic mass is 10.1. The van der Waals surface area contributed by atoms with Gasteiger partial charge in [0.1, 0.15) is 0 Å². The number of amides is 1. The first-order valence-electron chi connectivity index (χ1n) is 8.77. The Balaban J connectivity index is 1.47. The molecule has 2 aromatic carbocycles. The maximum atomic E-state index is 12.1. The van der Waals surface area contributed by atoms with E-state index in [4.69, 9.17) is 0 Å². The van der Waals surface area contributed by atoms with Crippen LogP contribution in [-0.2, 0) is 17.9 Å². The summed E-state index contributed by atoms with van der Waals surface area (Å²) in [6.45, 7) is 2.03. The standard InChI is InChI=1S/C20H20N4O2/c25-18-9-4-10-24(18)13-15-6-3-5-14(11-15)12-21-20-22-17-8-2-1-7-16(17)19(26)23-20/h1-3,5-8,11H,4,9-10,12-13H2,(H2,21,22,23,26). The third-order valence-corrected chi connectivity index (χ3v) is 4.61. The molecular weight excluding hydrogens is 328 g/mol. The summed E-state index contributed by atoms with van der Waals surface area (Å²) in [5, 5.41) is 3.76. The van der Waals surface area contributed by atoms with E-state index in [1.165, 1.54) is 0 Å². The minimum atomic E-state index is -0.153. The molecule has 0 radical (unpaired) electrons. The maximum Gasteiger partial charge on any atom is 0.260 e. The van der Waals surface area contributed by atoms with Crippen molar-refractivity contribution in [2.75, 3.05) is 11.9 Å². The maximum absolute atomic E-state index is 12.1. The predicted molar refractivity (Wildman–Crippen MR) is 101 cm³/mol. The first-order valence-corrected chi connectivity index (χ1v) is 8.77. The number of carbonyl (C=O) groups is 1. The molecule has 0 spiro atoms. The van der Waals surface area contributed by atoms with E-state index >= 15 is 0 Å². The molecule has 0 unspecified atom stereocenters. The second-order valence-corrected chi connectivity index (χ2v) is 6.52. The largest absolute Gasteiger partial charge is 0.352 e. The van der Waals surface area contributed by atoms with Gasteiger partial charge in [-0.3, -0.25) is 14.6 Å². The highest BCUT2D eigenvalue weighted by Gasteiger charge is 2.19. The van der Waals surface area contributed by atoms with Crippen LogP contribution in [-0.4, -0.2) is 27.3 Å². The summed E-state index contributed by atoms with van der Waals surface area (Å²) in [5.74, 6) is 0.681. The van der Waals surface area contributed by atoms with Crippen LogP contribution in [0.25, 0.3) is 10.9 Å². The van der Waals surface area contributed by atoms with Gasteiger partial charge in [0.25, 0.3) is 5.56 Å². The van der Waals surface area contributed by atoms with Crippen LogP contribution in [0.1, 0.15) is 24.0 Å². The number of aromatic amines is 1. The number of H-pyrrole nitrogens is 1. The summed E-state index contributed by atoms with van der Waals surface area (Å²) in [6, 6.07) is 15.4. The van der Waals surface area contributed by atoms with Gasteiger partial charge in [0, 0.05) is 26.1 Å². The van der Waals surface area contributed by atoms with Crippen molar-refractivity contribution in [3.63, 3.8) is 0 Å². The van der Waals surface area contributed by atoms with E-state index in [1.54, 1.807) is 6.07 Å². The van der Waals surface area contributed by atoms with Crippen molar-refractivity contribution in [1.82, 2.24) is 14.9 Å². The summed E-state index contributed by atoms with van der Waals surface area (Å²) in [4.78, 5) is 33.0. The van der Waals surface area contributed by atoms with Crippen molar-refractivity contribution in [2.45, 2.75) is 25.9 Å². The lowest BCUT2D eigenvalue weighted by molar-refractivity contribution is -0.128. The minimum absolute atomic E-state index is 0.153. The number of nitrogens with one attached hydrogen (secondary N) is 2. The number of hydrogen-bond donors (Lipinski definition) is 2. The van der Waals surface area contributed by atoms with Crippen molar-refractivity contribution in [3.05, 3.63) is 70.0 Å². The number of anilines is 1. The molecule has 0 bridgehead atoms. The first kappa shape index (κ1) is 16.3. The Morgan fingerprint density at radius 1 is 1.08 bits per heavy atom. The highest BCUT2D eigenvalue weighted by molar-refractivity contribution is 5.78. The Morgan fingerprint density at radius 3 is 2.77 bits per heavy atom. The van der Waals surface area contributed by atoms with E-state index in [1.807, 2.05) is 41.3 Å². The third-order valence-electron chi connectivity index (χ3n) is 4.61. The first-order chi connectivity index (χ1) is 12.7. The molecule has 1 saturated heterocycles. The van der Waals surface area contributed by atoms with Crippen molar-refractivity contribution < 1.29 is 4.79 Å². The molecule has 0 aliphatic carbocycles. The molecule has 0 atom stereocenters. The summed E-state index contributed by atoms with van der Waals surface area (Å²) >= 11 is 0. The van der Waals surface area contributed by atoms with Crippen LogP contribution in [0.4, 0.5) is 5.95 Å². The highest BCUT2D eigenvalue weighted by Crippen LogP contribution is 2.16. The molecule has 3 aromatic rings. The fourth-order valence-electron chi connectivity index (χ4n) is 3.29.